The van der Waals surface area contributed by atoms with E-state index in [1.165, 1.54) is 6.07 Å². The van der Waals surface area contributed by atoms with Gasteiger partial charge in [0.15, 0.2) is 11.6 Å². The molecule has 0 unspecified atom stereocenters. The third kappa shape index (κ3) is 3.71. The third-order valence-electron chi connectivity index (χ3n) is 3.22. The molecule has 2 rings (SSSR count). The molecule has 0 aliphatic rings. The second-order valence-electron chi connectivity index (χ2n) is 4.81. The zero-order chi connectivity index (χ0) is 15.2. The van der Waals surface area contributed by atoms with Crippen LogP contribution in [0, 0.1) is 11.6 Å². The predicted octanol–water partition coefficient (Wildman–Crippen LogP) is 3.91. The van der Waals surface area contributed by atoms with E-state index in [0.29, 0.717) is 43.4 Å². The van der Waals surface area contributed by atoms with Crippen molar-refractivity contribution in [1.29, 1.82) is 0 Å². The summed E-state index contributed by atoms with van der Waals surface area (Å²) in [5, 5.41) is 0. The fourth-order valence-electron chi connectivity index (χ4n) is 2.29. The van der Waals surface area contributed by atoms with Crippen LogP contribution in [-0.2, 0) is 17.7 Å². The molecule has 1 heterocycles. The molecule has 1 aromatic heterocycles. The van der Waals surface area contributed by atoms with Crippen LogP contribution in [0.5, 0.6) is 0 Å². The van der Waals surface area contributed by atoms with Gasteiger partial charge in [0.2, 0.25) is 0 Å². The van der Waals surface area contributed by atoms with Crippen molar-refractivity contribution in [2.24, 2.45) is 0 Å². The standard InChI is InChI=1S/C15H19ClF2N2O/c1-2-9-21-10-3-8-20-13(6-7-16)19-12-5-4-11(17)14(18)15(12)20/h4-5H,2-3,6-10H2,1H3. The van der Waals surface area contributed by atoms with E-state index in [9.17, 15) is 8.78 Å². The molecule has 1 aromatic carbocycles. The third-order valence-corrected chi connectivity index (χ3v) is 3.40. The van der Waals surface area contributed by atoms with E-state index in [1.54, 1.807) is 4.57 Å². The minimum Gasteiger partial charge on any atom is -0.381 e. The summed E-state index contributed by atoms with van der Waals surface area (Å²) >= 11 is 5.76. The molecule has 3 nitrogen and oxygen atoms in total. The first-order valence-corrected chi connectivity index (χ1v) is 7.69. The lowest BCUT2D eigenvalue weighted by Crippen LogP contribution is -2.08. The molecule has 0 atom stereocenters. The first-order valence-electron chi connectivity index (χ1n) is 7.15. The number of hydrogen-bond acceptors (Lipinski definition) is 2. The van der Waals surface area contributed by atoms with Crippen LogP contribution >= 0.6 is 11.6 Å². The van der Waals surface area contributed by atoms with Gasteiger partial charge in [-0.1, -0.05) is 6.92 Å². The highest BCUT2D eigenvalue weighted by Gasteiger charge is 2.16. The fraction of sp³-hybridized carbons (Fsp3) is 0.533. The van der Waals surface area contributed by atoms with Crippen molar-refractivity contribution < 1.29 is 13.5 Å². The molecule has 0 amide bonds. The number of halogens is 3. The van der Waals surface area contributed by atoms with Crippen molar-refractivity contribution in [2.75, 3.05) is 19.1 Å². The first-order chi connectivity index (χ1) is 10.2. The van der Waals surface area contributed by atoms with E-state index in [0.717, 1.165) is 18.9 Å². The number of aromatic nitrogens is 2. The molecule has 0 aliphatic carbocycles. The van der Waals surface area contributed by atoms with Crippen molar-refractivity contribution in [3.8, 4) is 0 Å². The Balaban J connectivity index is 2.25. The first kappa shape index (κ1) is 16.2. The molecule has 21 heavy (non-hydrogen) atoms. The summed E-state index contributed by atoms with van der Waals surface area (Å²) in [5.74, 6) is -0.640. The van der Waals surface area contributed by atoms with E-state index < -0.39 is 11.6 Å². The minimum absolute atomic E-state index is 0.214. The van der Waals surface area contributed by atoms with Crippen LogP contribution in [0.1, 0.15) is 25.6 Å². The molecule has 0 radical (unpaired) electrons. The van der Waals surface area contributed by atoms with Crippen LogP contribution in [0.4, 0.5) is 8.78 Å². The average molecular weight is 317 g/mol. The Kier molecular flexibility index (Phi) is 5.94. The molecule has 6 heteroatoms. The van der Waals surface area contributed by atoms with Gasteiger partial charge in [0.05, 0.1) is 5.52 Å². The van der Waals surface area contributed by atoms with Gasteiger partial charge in [-0.2, -0.15) is 0 Å². The van der Waals surface area contributed by atoms with E-state index in [1.807, 2.05) is 6.92 Å². The number of rotatable bonds is 8. The van der Waals surface area contributed by atoms with Crippen molar-refractivity contribution in [2.45, 2.75) is 32.7 Å². The summed E-state index contributed by atoms with van der Waals surface area (Å²) in [6.07, 6.45) is 2.20. The lowest BCUT2D eigenvalue weighted by atomic mass is 10.3. The van der Waals surface area contributed by atoms with E-state index in [-0.39, 0.29) is 5.52 Å². The summed E-state index contributed by atoms with van der Waals surface area (Å²) in [6, 6.07) is 2.60. The summed E-state index contributed by atoms with van der Waals surface area (Å²) < 4.78 is 34.6. The molecule has 2 aromatic rings. The van der Waals surface area contributed by atoms with Gasteiger partial charge in [0.25, 0.3) is 0 Å². The largest absolute Gasteiger partial charge is 0.381 e. The van der Waals surface area contributed by atoms with Crippen LogP contribution in [0.25, 0.3) is 11.0 Å². The zero-order valence-corrected chi connectivity index (χ0v) is 12.8. The Hall–Kier alpha value is -1.20. The molecular formula is C15H19ClF2N2O. The van der Waals surface area contributed by atoms with Gasteiger partial charge < -0.3 is 9.30 Å². The van der Waals surface area contributed by atoms with Gasteiger partial charge in [-0.25, -0.2) is 13.8 Å². The van der Waals surface area contributed by atoms with Crippen molar-refractivity contribution in [3.05, 3.63) is 29.6 Å². The van der Waals surface area contributed by atoms with Crippen LogP contribution in [0.2, 0.25) is 0 Å². The number of benzene rings is 1. The number of ether oxygens (including phenoxy) is 1. The van der Waals surface area contributed by atoms with Gasteiger partial charge in [-0.15, -0.1) is 11.6 Å². The Bertz CT molecular complexity index is 601. The summed E-state index contributed by atoms with van der Waals surface area (Å²) in [7, 11) is 0. The maximum absolute atomic E-state index is 14.0. The smallest absolute Gasteiger partial charge is 0.184 e. The number of alkyl halides is 1. The molecule has 0 bridgehead atoms. The lowest BCUT2D eigenvalue weighted by Gasteiger charge is -2.09. The number of hydrogen-bond donors (Lipinski definition) is 0. The molecule has 0 spiro atoms. The van der Waals surface area contributed by atoms with Crippen LogP contribution in [0.3, 0.4) is 0 Å². The summed E-state index contributed by atoms with van der Waals surface area (Å²) in [6.45, 7) is 3.87. The highest BCUT2D eigenvalue weighted by Crippen LogP contribution is 2.22. The highest BCUT2D eigenvalue weighted by atomic mass is 35.5. The second-order valence-corrected chi connectivity index (χ2v) is 5.19. The van der Waals surface area contributed by atoms with Crippen LogP contribution < -0.4 is 0 Å². The number of aryl methyl sites for hydroxylation is 2. The SMILES string of the molecule is CCCOCCCn1c(CCCl)nc2ccc(F)c(F)c21. The van der Waals surface area contributed by atoms with Crippen molar-refractivity contribution in [3.63, 3.8) is 0 Å². The van der Waals surface area contributed by atoms with Crippen molar-refractivity contribution >= 4 is 22.6 Å². The van der Waals surface area contributed by atoms with Gasteiger partial charge in [0, 0.05) is 32.1 Å². The lowest BCUT2D eigenvalue weighted by molar-refractivity contribution is 0.129. The Morgan fingerprint density at radius 2 is 2.10 bits per heavy atom. The van der Waals surface area contributed by atoms with Crippen LogP contribution in [0.15, 0.2) is 12.1 Å². The minimum atomic E-state index is -0.858. The number of nitrogens with zero attached hydrogens (tertiary/aromatic N) is 2. The molecule has 116 valence electrons. The van der Waals surface area contributed by atoms with Gasteiger partial charge in [0.1, 0.15) is 11.3 Å². The molecule has 0 fully saturated rings. The monoisotopic (exact) mass is 316 g/mol. The van der Waals surface area contributed by atoms with Gasteiger partial charge >= 0.3 is 0 Å². The average Bonchev–Trinajstić information content (AvgIpc) is 2.82. The number of fused-ring (bicyclic) bond motifs is 1. The normalized spacial score (nSPS) is 11.4. The Labute approximate surface area is 127 Å². The quantitative estimate of drug-likeness (QED) is 0.545. The Morgan fingerprint density at radius 3 is 2.81 bits per heavy atom. The maximum Gasteiger partial charge on any atom is 0.184 e. The van der Waals surface area contributed by atoms with E-state index in [2.05, 4.69) is 4.98 Å². The van der Waals surface area contributed by atoms with Crippen molar-refractivity contribution in [1.82, 2.24) is 9.55 Å². The topological polar surface area (TPSA) is 27.1 Å². The van der Waals surface area contributed by atoms with E-state index >= 15 is 0 Å². The molecular weight excluding hydrogens is 298 g/mol. The second kappa shape index (κ2) is 7.71. The Morgan fingerprint density at radius 1 is 1.29 bits per heavy atom. The summed E-state index contributed by atoms with van der Waals surface area (Å²) in [5.41, 5.74) is 0.675. The van der Waals surface area contributed by atoms with Gasteiger partial charge in [-0.3, -0.25) is 0 Å². The fourth-order valence-corrected chi connectivity index (χ4v) is 2.46. The predicted molar refractivity (Wildman–Crippen MR) is 79.8 cm³/mol. The molecule has 0 saturated carbocycles. The maximum atomic E-state index is 14.0. The highest BCUT2D eigenvalue weighted by molar-refractivity contribution is 6.17. The zero-order valence-electron chi connectivity index (χ0n) is 12.0. The molecule has 0 saturated heterocycles. The van der Waals surface area contributed by atoms with Crippen LogP contribution in [-0.4, -0.2) is 28.6 Å². The van der Waals surface area contributed by atoms with E-state index in [4.69, 9.17) is 16.3 Å². The number of imidazole rings is 1. The molecule has 0 aliphatic heterocycles. The molecule has 0 N–H and O–H groups in total. The summed E-state index contributed by atoms with van der Waals surface area (Å²) in [4.78, 5) is 4.35. The van der Waals surface area contributed by atoms with Gasteiger partial charge in [-0.05, 0) is 25.0 Å².